The molecule has 2 amide bonds. The Balaban J connectivity index is 0.000000451. The molecule has 0 radical (unpaired) electrons. The van der Waals surface area contributed by atoms with Crippen LogP contribution in [0.1, 0.15) is 49.4 Å². The number of halogens is 3. The molecule has 1 spiro atoms. The van der Waals surface area contributed by atoms with E-state index in [9.17, 15) is 22.8 Å². The number of nitrogens with zero attached hydrogens (tertiary/aromatic N) is 3. The zero-order valence-electron chi connectivity index (χ0n) is 18.1. The number of pyridine rings is 1. The fraction of sp³-hybridized carbons (Fsp3) is 0.619. The van der Waals surface area contributed by atoms with E-state index >= 15 is 0 Å². The minimum Gasteiger partial charge on any atom is -0.475 e. The van der Waals surface area contributed by atoms with Gasteiger partial charge in [0.25, 0.3) is 5.91 Å². The number of carboxylic acid groups (broad SMARTS) is 1. The van der Waals surface area contributed by atoms with E-state index in [1.165, 1.54) is 0 Å². The first kappa shape index (κ1) is 25.6. The molecule has 1 N–H and O–H groups in total. The summed E-state index contributed by atoms with van der Waals surface area (Å²) in [6.45, 7) is 3.99. The molecular formula is C21H28F3N3O5. The molecule has 1 aromatic heterocycles. The first-order chi connectivity index (χ1) is 15.1. The van der Waals surface area contributed by atoms with Crippen LogP contribution in [0.2, 0.25) is 0 Å². The van der Waals surface area contributed by atoms with Crippen LogP contribution in [-0.4, -0.2) is 82.2 Å². The van der Waals surface area contributed by atoms with E-state index in [-0.39, 0.29) is 23.4 Å². The molecule has 2 saturated heterocycles. The molecule has 0 unspecified atom stereocenters. The lowest BCUT2D eigenvalue weighted by Crippen LogP contribution is -2.64. The highest BCUT2D eigenvalue weighted by Gasteiger charge is 2.53. The molecule has 2 fully saturated rings. The lowest BCUT2D eigenvalue weighted by molar-refractivity contribution is -0.192. The van der Waals surface area contributed by atoms with Crippen LogP contribution in [0.25, 0.3) is 0 Å². The normalized spacial score (nSPS) is 23.2. The largest absolute Gasteiger partial charge is 0.490 e. The highest BCUT2D eigenvalue weighted by atomic mass is 19.4. The van der Waals surface area contributed by atoms with Crippen LogP contribution in [0, 0.1) is 0 Å². The first-order valence-electron chi connectivity index (χ1n) is 10.4. The summed E-state index contributed by atoms with van der Waals surface area (Å²) in [5.74, 6) is -2.53. The fourth-order valence-electron chi connectivity index (χ4n) is 4.65. The van der Waals surface area contributed by atoms with Crippen LogP contribution in [0.4, 0.5) is 13.2 Å². The number of likely N-dealkylation sites (tertiary alicyclic amines) is 2. The number of amides is 2. The van der Waals surface area contributed by atoms with Crippen molar-refractivity contribution in [2.75, 3.05) is 26.8 Å². The minimum atomic E-state index is -5.08. The number of alkyl halides is 3. The van der Waals surface area contributed by atoms with Gasteiger partial charge in [0.2, 0.25) is 5.91 Å². The van der Waals surface area contributed by atoms with Gasteiger partial charge < -0.3 is 19.6 Å². The van der Waals surface area contributed by atoms with Crippen molar-refractivity contribution in [1.29, 1.82) is 0 Å². The topological polar surface area (TPSA) is 100 Å². The number of carbonyl (C=O) groups excluding carboxylic acids is 2. The number of rotatable bonds is 5. The molecule has 2 aliphatic rings. The second-order valence-corrected chi connectivity index (χ2v) is 7.71. The van der Waals surface area contributed by atoms with E-state index in [4.69, 9.17) is 14.6 Å². The molecular weight excluding hydrogens is 431 g/mol. The monoisotopic (exact) mass is 459 g/mol. The van der Waals surface area contributed by atoms with Gasteiger partial charge in [-0.05, 0) is 37.8 Å². The molecule has 2 aliphatic heterocycles. The van der Waals surface area contributed by atoms with Crippen LogP contribution in [0.3, 0.4) is 0 Å². The van der Waals surface area contributed by atoms with Gasteiger partial charge in [-0.3, -0.25) is 14.6 Å². The average molecular weight is 459 g/mol. The minimum absolute atomic E-state index is 0.0411. The zero-order chi connectivity index (χ0) is 23.9. The van der Waals surface area contributed by atoms with Gasteiger partial charge >= 0.3 is 12.1 Å². The molecule has 11 heteroatoms. The quantitative estimate of drug-likeness (QED) is 0.727. The average Bonchev–Trinajstić information content (AvgIpc) is 3.07. The highest BCUT2D eigenvalue weighted by Crippen LogP contribution is 2.43. The number of hydrogen-bond donors (Lipinski definition) is 1. The SMILES string of the molecule is CC[C@@H]1N(C(=O)c2ccncc2)CCC[C@]12CCC(=O)N2CCOC.O=C(O)C(F)(F)F. The Morgan fingerprint density at radius 1 is 1.28 bits per heavy atom. The Morgan fingerprint density at radius 3 is 2.44 bits per heavy atom. The number of aromatic nitrogens is 1. The van der Waals surface area contributed by atoms with E-state index < -0.39 is 12.1 Å². The smallest absolute Gasteiger partial charge is 0.475 e. The van der Waals surface area contributed by atoms with Gasteiger partial charge in [0, 0.05) is 44.6 Å². The van der Waals surface area contributed by atoms with Crippen LogP contribution >= 0.6 is 0 Å². The molecule has 3 heterocycles. The summed E-state index contributed by atoms with van der Waals surface area (Å²) in [4.78, 5) is 42.5. The standard InChI is InChI=1S/C19H27N3O3.C2HF3O2/c1-3-16-19(9-5-17(23)22(19)13-14-25-2)8-4-12-21(16)18(24)15-6-10-20-11-7-15;3-2(4,5)1(6)7/h6-7,10-11,16H,3-5,8-9,12-14H2,1-2H3;(H,6,7)/t16-,19-;/m0./s1. The molecule has 0 aliphatic carbocycles. The molecule has 3 rings (SSSR count). The summed E-state index contributed by atoms with van der Waals surface area (Å²) in [7, 11) is 1.66. The summed E-state index contributed by atoms with van der Waals surface area (Å²) in [6.07, 6.45) is 2.33. The van der Waals surface area contributed by atoms with Gasteiger partial charge in [0.1, 0.15) is 0 Å². The first-order valence-corrected chi connectivity index (χ1v) is 10.4. The molecule has 32 heavy (non-hydrogen) atoms. The Hall–Kier alpha value is -2.69. The molecule has 8 nitrogen and oxygen atoms in total. The fourth-order valence-corrected chi connectivity index (χ4v) is 4.65. The second kappa shape index (κ2) is 10.8. The summed E-state index contributed by atoms with van der Waals surface area (Å²) < 4.78 is 37.0. The van der Waals surface area contributed by atoms with Gasteiger partial charge in [-0.2, -0.15) is 13.2 Å². The van der Waals surface area contributed by atoms with Crippen molar-refractivity contribution in [2.45, 2.75) is 56.8 Å². The van der Waals surface area contributed by atoms with Crippen molar-refractivity contribution in [1.82, 2.24) is 14.8 Å². The van der Waals surface area contributed by atoms with E-state index in [2.05, 4.69) is 11.9 Å². The maximum atomic E-state index is 13.1. The molecule has 0 aromatic carbocycles. The number of hydrogen-bond acceptors (Lipinski definition) is 5. The van der Waals surface area contributed by atoms with Crippen molar-refractivity contribution >= 4 is 17.8 Å². The molecule has 0 bridgehead atoms. The van der Waals surface area contributed by atoms with E-state index in [1.807, 2.05) is 9.80 Å². The van der Waals surface area contributed by atoms with Gasteiger partial charge in [-0.1, -0.05) is 6.92 Å². The van der Waals surface area contributed by atoms with Crippen LogP contribution in [-0.2, 0) is 14.3 Å². The number of ether oxygens (including phenoxy) is 1. The van der Waals surface area contributed by atoms with E-state index in [0.29, 0.717) is 25.1 Å². The number of aliphatic carboxylic acids is 1. The third kappa shape index (κ3) is 5.56. The van der Waals surface area contributed by atoms with Crippen molar-refractivity contribution < 1.29 is 37.4 Å². The summed E-state index contributed by atoms with van der Waals surface area (Å²) in [5.41, 5.74) is 0.420. The van der Waals surface area contributed by atoms with Crippen molar-refractivity contribution in [3.63, 3.8) is 0 Å². The number of methoxy groups -OCH3 is 1. The lowest BCUT2D eigenvalue weighted by atomic mass is 9.77. The highest BCUT2D eigenvalue weighted by molar-refractivity contribution is 5.94. The van der Waals surface area contributed by atoms with Crippen molar-refractivity contribution in [3.8, 4) is 0 Å². The molecule has 2 atom stereocenters. The third-order valence-corrected chi connectivity index (χ3v) is 5.95. The van der Waals surface area contributed by atoms with Gasteiger partial charge in [0.15, 0.2) is 0 Å². The molecule has 1 aromatic rings. The third-order valence-electron chi connectivity index (χ3n) is 5.95. The Kier molecular flexibility index (Phi) is 8.59. The number of carbonyl (C=O) groups is 3. The summed E-state index contributed by atoms with van der Waals surface area (Å²) >= 11 is 0. The van der Waals surface area contributed by atoms with Crippen molar-refractivity contribution in [2.24, 2.45) is 0 Å². The molecule has 178 valence electrons. The maximum absolute atomic E-state index is 13.1. The van der Waals surface area contributed by atoms with Crippen LogP contribution in [0.5, 0.6) is 0 Å². The Bertz CT molecular complexity index is 806. The van der Waals surface area contributed by atoms with E-state index in [0.717, 1.165) is 32.2 Å². The maximum Gasteiger partial charge on any atom is 0.490 e. The number of piperidine rings is 1. The van der Waals surface area contributed by atoms with Gasteiger partial charge in [-0.15, -0.1) is 0 Å². The van der Waals surface area contributed by atoms with Crippen LogP contribution < -0.4 is 0 Å². The van der Waals surface area contributed by atoms with E-state index in [1.54, 1.807) is 31.6 Å². The second-order valence-electron chi connectivity index (χ2n) is 7.71. The summed E-state index contributed by atoms with van der Waals surface area (Å²) in [5, 5.41) is 7.12. The summed E-state index contributed by atoms with van der Waals surface area (Å²) in [6, 6.07) is 3.57. The predicted octanol–water partition coefficient (Wildman–Crippen LogP) is 2.74. The van der Waals surface area contributed by atoms with Crippen LogP contribution in [0.15, 0.2) is 24.5 Å². The predicted molar refractivity (Wildman–Crippen MR) is 108 cm³/mol. The Morgan fingerprint density at radius 2 is 1.91 bits per heavy atom. The molecule has 0 saturated carbocycles. The lowest BCUT2D eigenvalue weighted by Gasteiger charge is -2.52. The zero-order valence-corrected chi connectivity index (χ0v) is 18.1. The number of carboxylic acids is 1. The van der Waals surface area contributed by atoms with Crippen molar-refractivity contribution in [3.05, 3.63) is 30.1 Å². The van der Waals surface area contributed by atoms with Gasteiger partial charge in [-0.25, -0.2) is 4.79 Å². The van der Waals surface area contributed by atoms with Gasteiger partial charge in [0.05, 0.1) is 18.2 Å². The Labute approximate surface area is 184 Å².